The summed E-state index contributed by atoms with van der Waals surface area (Å²) >= 11 is 1.63. The van der Waals surface area contributed by atoms with Crippen molar-refractivity contribution in [3.05, 3.63) is 47.2 Å². The molecule has 0 unspecified atom stereocenters. The van der Waals surface area contributed by atoms with Crippen LogP contribution in [-0.4, -0.2) is 68.2 Å². The van der Waals surface area contributed by atoms with E-state index in [9.17, 15) is 4.79 Å². The van der Waals surface area contributed by atoms with E-state index in [4.69, 9.17) is 0 Å². The predicted molar refractivity (Wildman–Crippen MR) is 105 cm³/mol. The Morgan fingerprint density at radius 2 is 2.04 bits per heavy atom. The van der Waals surface area contributed by atoms with E-state index in [1.165, 1.54) is 0 Å². The Morgan fingerprint density at radius 3 is 2.74 bits per heavy atom. The van der Waals surface area contributed by atoms with Crippen molar-refractivity contribution in [3.8, 4) is 16.5 Å². The van der Waals surface area contributed by atoms with E-state index >= 15 is 0 Å². The van der Waals surface area contributed by atoms with Gasteiger partial charge in [-0.25, -0.2) is 14.6 Å². The zero-order chi connectivity index (χ0) is 18.8. The number of rotatable bonds is 4. The van der Waals surface area contributed by atoms with Crippen molar-refractivity contribution in [3.63, 3.8) is 0 Å². The fourth-order valence-corrected chi connectivity index (χ4v) is 3.97. The lowest BCUT2D eigenvalue weighted by Gasteiger charge is -2.33. The second-order valence-corrected chi connectivity index (χ2v) is 7.45. The molecule has 3 aromatic rings. The summed E-state index contributed by atoms with van der Waals surface area (Å²) in [5.41, 5.74) is 2.24. The highest BCUT2D eigenvalue weighted by molar-refractivity contribution is 7.13. The van der Waals surface area contributed by atoms with E-state index in [1.54, 1.807) is 28.4 Å². The second-order valence-electron chi connectivity index (χ2n) is 6.50. The highest BCUT2D eigenvalue weighted by Gasteiger charge is 2.25. The molecule has 1 fully saturated rings. The molecule has 4 rings (SSSR count). The topological polar surface area (TPSA) is 67.2 Å². The molecule has 0 aliphatic carbocycles. The Bertz CT molecular complexity index is 928. The van der Waals surface area contributed by atoms with Gasteiger partial charge in [0.05, 0.1) is 28.0 Å². The van der Waals surface area contributed by atoms with Crippen LogP contribution in [0.25, 0.3) is 16.5 Å². The van der Waals surface area contributed by atoms with E-state index < -0.39 is 0 Å². The minimum absolute atomic E-state index is 0.0314. The highest BCUT2D eigenvalue weighted by Crippen LogP contribution is 2.23. The summed E-state index contributed by atoms with van der Waals surface area (Å²) < 4.78 is 1.65. The first kappa shape index (κ1) is 17.8. The molecule has 8 heteroatoms. The molecule has 0 spiro atoms. The maximum Gasteiger partial charge on any atom is 0.257 e. The van der Waals surface area contributed by atoms with Gasteiger partial charge in [-0.3, -0.25) is 4.79 Å². The third kappa shape index (κ3) is 3.50. The zero-order valence-electron chi connectivity index (χ0n) is 15.5. The van der Waals surface area contributed by atoms with Gasteiger partial charge in [0.2, 0.25) is 0 Å². The maximum absolute atomic E-state index is 12.9. The lowest BCUT2D eigenvalue weighted by molar-refractivity contribution is 0.0642. The molecule has 4 heterocycles. The Labute approximate surface area is 162 Å². The highest BCUT2D eigenvalue weighted by atomic mass is 32.1. The van der Waals surface area contributed by atoms with E-state index in [0.717, 1.165) is 49.0 Å². The summed E-state index contributed by atoms with van der Waals surface area (Å²) in [6.45, 7) is 8.41. The third-order valence-corrected chi connectivity index (χ3v) is 5.85. The number of thiophene rings is 1. The lowest BCUT2D eigenvalue weighted by atomic mass is 10.2. The molecular weight excluding hydrogens is 360 g/mol. The average molecular weight is 382 g/mol. The molecule has 1 saturated heterocycles. The first-order chi connectivity index (χ1) is 13.2. The van der Waals surface area contributed by atoms with Gasteiger partial charge >= 0.3 is 0 Å². The number of nitrogens with zero attached hydrogens (tertiary/aromatic N) is 6. The van der Waals surface area contributed by atoms with Crippen LogP contribution in [0, 0.1) is 6.92 Å². The molecule has 0 bridgehead atoms. The van der Waals surface area contributed by atoms with E-state index in [0.29, 0.717) is 11.5 Å². The molecule has 1 amide bonds. The molecule has 3 aromatic heterocycles. The fraction of sp³-hybridized carbons (Fsp3) is 0.368. The minimum Gasteiger partial charge on any atom is -0.336 e. The Hall–Kier alpha value is -2.58. The molecule has 0 radical (unpaired) electrons. The molecule has 27 heavy (non-hydrogen) atoms. The van der Waals surface area contributed by atoms with Crippen LogP contribution < -0.4 is 0 Å². The number of carbonyl (C=O) groups is 1. The quantitative estimate of drug-likeness (QED) is 0.693. The normalized spacial score (nSPS) is 15.3. The standard InChI is InChI=1S/C19H22N6OS/c1-3-23-8-10-24(11-9-23)18(26)15-13-21-25(14(15)2)19-20-7-6-16(22-19)17-5-4-12-27-17/h4-7,12-13H,3,8-11H2,1-2H3. The van der Waals surface area contributed by atoms with Gasteiger partial charge in [0.1, 0.15) is 0 Å². The van der Waals surface area contributed by atoms with Crippen molar-refractivity contribution >= 4 is 17.2 Å². The van der Waals surface area contributed by atoms with Crippen LogP contribution in [0.3, 0.4) is 0 Å². The molecule has 1 aliphatic heterocycles. The van der Waals surface area contributed by atoms with Crippen LogP contribution in [0.15, 0.2) is 36.0 Å². The van der Waals surface area contributed by atoms with E-state index in [2.05, 4.69) is 26.9 Å². The molecule has 0 aromatic carbocycles. The van der Waals surface area contributed by atoms with E-state index in [1.807, 2.05) is 35.4 Å². The van der Waals surface area contributed by atoms with Crippen molar-refractivity contribution in [2.45, 2.75) is 13.8 Å². The van der Waals surface area contributed by atoms with Crippen LogP contribution in [0.5, 0.6) is 0 Å². The maximum atomic E-state index is 12.9. The zero-order valence-corrected chi connectivity index (χ0v) is 16.3. The molecule has 7 nitrogen and oxygen atoms in total. The summed E-state index contributed by atoms with van der Waals surface area (Å²) in [4.78, 5) is 27.2. The molecule has 0 N–H and O–H groups in total. The number of hydrogen-bond acceptors (Lipinski definition) is 6. The van der Waals surface area contributed by atoms with Crippen LogP contribution in [-0.2, 0) is 0 Å². The molecule has 1 aliphatic rings. The summed E-state index contributed by atoms with van der Waals surface area (Å²) in [6.07, 6.45) is 3.36. The first-order valence-electron chi connectivity index (χ1n) is 9.11. The fourth-order valence-electron chi connectivity index (χ4n) is 3.27. The summed E-state index contributed by atoms with van der Waals surface area (Å²) in [5, 5.41) is 6.41. The Morgan fingerprint density at radius 1 is 1.22 bits per heavy atom. The van der Waals surface area contributed by atoms with Gasteiger partial charge in [0.15, 0.2) is 0 Å². The summed E-state index contributed by atoms with van der Waals surface area (Å²) in [5.74, 6) is 0.511. The van der Waals surface area contributed by atoms with Crippen LogP contribution in [0.1, 0.15) is 23.0 Å². The molecular formula is C19H22N6OS. The lowest BCUT2D eigenvalue weighted by Crippen LogP contribution is -2.48. The SMILES string of the molecule is CCN1CCN(C(=O)c2cnn(-c3nccc(-c4cccs4)n3)c2C)CC1. The predicted octanol–water partition coefficient (Wildman–Crippen LogP) is 2.48. The van der Waals surface area contributed by atoms with Gasteiger partial charge in [-0.15, -0.1) is 11.3 Å². The van der Waals surface area contributed by atoms with Crippen LogP contribution in [0.4, 0.5) is 0 Å². The Balaban J connectivity index is 1.58. The number of hydrogen-bond donors (Lipinski definition) is 0. The Kier molecular flexibility index (Phi) is 5.00. The number of piperazine rings is 1. The number of likely N-dealkylation sites (N-methyl/N-ethyl adjacent to an activating group) is 1. The van der Waals surface area contributed by atoms with Gasteiger partial charge in [-0.05, 0) is 31.0 Å². The average Bonchev–Trinajstić information content (AvgIpc) is 3.38. The van der Waals surface area contributed by atoms with Crippen molar-refractivity contribution in [1.82, 2.24) is 29.5 Å². The van der Waals surface area contributed by atoms with Crippen LogP contribution >= 0.6 is 11.3 Å². The van der Waals surface area contributed by atoms with Crippen molar-refractivity contribution in [2.24, 2.45) is 0 Å². The van der Waals surface area contributed by atoms with Gasteiger partial charge in [-0.2, -0.15) is 5.10 Å². The minimum atomic E-state index is 0.0314. The monoisotopic (exact) mass is 382 g/mol. The molecule has 0 saturated carbocycles. The smallest absolute Gasteiger partial charge is 0.257 e. The summed E-state index contributed by atoms with van der Waals surface area (Å²) in [7, 11) is 0. The largest absolute Gasteiger partial charge is 0.336 e. The van der Waals surface area contributed by atoms with Crippen LogP contribution in [0.2, 0.25) is 0 Å². The van der Waals surface area contributed by atoms with Gasteiger partial charge in [-0.1, -0.05) is 13.0 Å². The van der Waals surface area contributed by atoms with Crippen molar-refractivity contribution < 1.29 is 4.79 Å². The summed E-state index contributed by atoms with van der Waals surface area (Å²) in [6, 6.07) is 5.90. The number of aromatic nitrogens is 4. The number of amides is 1. The first-order valence-corrected chi connectivity index (χ1v) is 9.99. The van der Waals surface area contributed by atoms with Gasteiger partial charge in [0.25, 0.3) is 11.9 Å². The van der Waals surface area contributed by atoms with Gasteiger partial charge < -0.3 is 9.80 Å². The molecule has 140 valence electrons. The second kappa shape index (κ2) is 7.58. The van der Waals surface area contributed by atoms with Gasteiger partial charge in [0, 0.05) is 32.4 Å². The van der Waals surface area contributed by atoms with Crippen molar-refractivity contribution in [2.75, 3.05) is 32.7 Å². The molecule has 0 atom stereocenters. The third-order valence-electron chi connectivity index (χ3n) is 4.95. The van der Waals surface area contributed by atoms with E-state index in [-0.39, 0.29) is 5.91 Å². The van der Waals surface area contributed by atoms with Crippen molar-refractivity contribution in [1.29, 1.82) is 0 Å². The number of carbonyl (C=O) groups excluding carboxylic acids is 1.